The Bertz CT molecular complexity index is 357. The molecule has 0 aromatic rings. The summed E-state index contributed by atoms with van der Waals surface area (Å²) in [4.78, 5) is 5.05. The summed E-state index contributed by atoms with van der Waals surface area (Å²) in [5.74, 6) is 0. The molecule has 0 aromatic heterocycles. The predicted octanol–water partition coefficient (Wildman–Crippen LogP) is 2.89. The fourth-order valence-electron chi connectivity index (χ4n) is 3.81. The van der Waals surface area contributed by atoms with E-state index >= 15 is 0 Å². The minimum Gasteiger partial charge on any atom is -0.395 e. The molecule has 0 aromatic carbocycles. The highest BCUT2D eigenvalue weighted by Crippen LogP contribution is 2.33. The molecule has 0 atom stereocenters. The van der Waals surface area contributed by atoms with Crippen molar-refractivity contribution in [3.63, 3.8) is 0 Å². The lowest BCUT2D eigenvalue weighted by Crippen LogP contribution is -2.53. The molecule has 23 heavy (non-hydrogen) atoms. The van der Waals surface area contributed by atoms with Gasteiger partial charge in [0.25, 0.3) is 0 Å². The van der Waals surface area contributed by atoms with E-state index in [4.69, 9.17) is 4.74 Å². The Labute approximate surface area is 143 Å². The van der Waals surface area contributed by atoms with Gasteiger partial charge in [0, 0.05) is 36.3 Å². The van der Waals surface area contributed by atoms with Gasteiger partial charge in [-0.15, -0.1) is 0 Å². The zero-order valence-electron chi connectivity index (χ0n) is 16.0. The average molecular weight is 327 g/mol. The third kappa shape index (κ3) is 5.42. The lowest BCUT2D eigenvalue weighted by molar-refractivity contribution is -0.0279. The van der Waals surface area contributed by atoms with E-state index in [-0.39, 0.29) is 17.7 Å². The summed E-state index contributed by atoms with van der Waals surface area (Å²) in [6, 6.07) is 1.41. The van der Waals surface area contributed by atoms with Crippen molar-refractivity contribution in [2.24, 2.45) is 0 Å². The third-order valence-corrected chi connectivity index (χ3v) is 5.41. The Hall–Kier alpha value is -0.160. The topological polar surface area (TPSA) is 35.9 Å². The van der Waals surface area contributed by atoms with Gasteiger partial charge < -0.3 is 9.84 Å². The van der Waals surface area contributed by atoms with Crippen LogP contribution in [0.5, 0.6) is 0 Å². The highest BCUT2D eigenvalue weighted by Gasteiger charge is 2.38. The number of rotatable bonds is 10. The lowest BCUT2D eigenvalue weighted by atomic mass is 9.88. The molecule has 0 bridgehead atoms. The summed E-state index contributed by atoms with van der Waals surface area (Å²) >= 11 is 0. The minimum absolute atomic E-state index is 0.00687. The van der Waals surface area contributed by atoms with Crippen molar-refractivity contribution in [2.75, 3.05) is 32.9 Å². The number of aliphatic hydroxyl groups is 1. The van der Waals surface area contributed by atoms with Crippen molar-refractivity contribution in [3.8, 4) is 0 Å². The molecule has 0 radical (unpaired) electrons. The van der Waals surface area contributed by atoms with Crippen LogP contribution >= 0.6 is 0 Å². The van der Waals surface area contributed by atoms with Gasteiger partial charge in [0.15, 0.2) is 0 Å². The molecule has 0 saturated heterocycles. The zero-order chi connectivity index (χ0) is 17.1. The van der Waals surface area contributed by atoms with Crippen molar-refractivity contribution >= 4 is 0 Å². The largest absolute Gasteiger partial charge is 0.395 e. The van der Waals surface area contributed by atoms with Gasteiger partial charge in [0.1, 0.15) is 0 Å². The molecule has 0 unspecified atom stereocenters. The van der Waals surface area contributed by atoms with Crippen LogP contribution in [0.1, 0.15) is 66.7 Å². The summed E-state index contributed by atoms with van der Waals surface area (Å²) in [6.07, 6.45) is 6.60. The van der Waals surface area contributed by atoms with Crippen LogP contribution in [0.2, 0.25) is 0 Å². The van der Waals surface area contributed by atoms with Gasteiger partial charge in [0.2, 0.25) is 0 Å². The molecule has 4 nitrogen and oxygen atoms in total. The van der Waals surface area contributed by atoms with Crippen molar-refractivity contribution in [1.29, 1.82) is 0 Å². The van der Waals surface area contributed by atoms with Crippen LogP contribution in [0, 0.1) is 0 Å². The monoisotopic (exact) mass is 326 g/mol. The number of hydrogen-bond acceptors (Lipinski definition) is 4. The van der Waals surface area contributed by atoms with E-state index in [1.54, 1.807) is 0 Å². The minimum atomic E-state index is 0.00687. The standard InChI is InChI=1S/C19H38N2O2/c1-18(2,3)20(16-7-6-8-16)12-14-23-15-19(4,5)21(11-13-22)17-9-10-17/h16-17,22H,6-15H2,1-5H3. The summed E-state index contributed by atoms with van der Waals surface area (Å²) in [7, 11) is 0. The first-order valence-electron chi connectivity index (χ1n) is 9.48. The average Bonchev–Trinajstić information content (AvgIpc) is 3.20. The van der Waals surface area contributed by atoms with Crippen molar-refractivity contribution < 1.29 is 9.84 Å². The van der Waals surface area contributed by atoms with Crippen molar-refractivity contribution in [1.82, 2.24) is 9.80 Å². The van der Waals surface area contributed by atoms with Gasteiger partial charge in [-0.25, -0.2) is 0 Å². The number of aliphatic hydroxyl groups excluding tert-OH is 1. The molecule has 2 rings (SSSR count). The molecule has 0 aliphatic heterocycles. The van der Waals surface area contributed by atoms with E-state index in [9.17, 15) is 5.11 Å². The smallest absolute Gasteiger partial charge is 0.0645 e. The Morgan fingerprint density at radius 1 is 0.913 bits per heavy atom. The number of hydrogen-bond donors (Lipinski definition) is 1. The molecule has 2 aliphatic rings. The first-order valence-corrected chi connectivity index (χ1v) is 9.48. The lowest BCUT2D eigenvalue weighted by Gasteiger charge is -2.46. The van der Waals surface area contributed by atoms with E-state index in [0.717, 1.165) is 32.3 Å². The number of β-amino-alcohol motifs (C(OH)–C–C–N with tert-alkyl or cyclic N) is 1. The van der Waals surface area contributed by atoms with Crippen LogP contribution in [0.3, 0.4) is 0 Å². The highest BCUT2D eigenvalue weighted by molar-refractivity contribution is 4.93. The molecule has 2 aliphatic carbocycles. The molecule has 0 spiro atoms. The van der Waals surface area contributed by atoms with E-state index in [1.807, 2.05) is 0 Å². The Balaban J connectivity index is 1.76. The maximum absolute atomic E-state index is 9.32. The molecule has 4 heteroatoms. The molecular weight excluding hydrogens is 288 g/mol. The fraction of sp³-hybridized carbons (Fsp3) is 1.00. The van der Waals surface area contributed by atoms with E-state index in [2.05, 4.69) is 44.4 Å². The van der Waals surface area contributed by atoms with E-state index in [1.165, 1.54) is 32.1 Å². The highest BCUT2D eigenvalue weighted by atomic mass is 16.5. The number of ether oxygens (including phenoxy) is 1. The van der Waals surface area contributed by atoms with E-state index < -0.39 is 0 Å². The second-order valence-electron chi connectivity index (χ2n) is 8.96. The molecule has 2 fully saturated rings. The molecule has 136 valence electrons. The van der Waals surface area contributed by atoms with Crippen LogP contribution in [-0.4, -0.2) is 71.0 Å². The summed E-state index contributed by atoms with van der Waals surface area (Å²) in [6.45, 7) is 15.0. The van der Waals surface area contributed by atoms with Crippen molar-refractivity contribution in [2.45, 2.75) is 89.9 Å². The van der Waals surface area contributed by atoms with Crippen LogP contribution < -0.4 is 0 Å². The van der Waals surface area contributed by atoms with E-state index in [0.29, 0.717) is 6.04 Å². The Morgan fingerprint density at radius 3 is 1.96 bits per heavy atom. The molecule has 0 amide bonds. The van der Waals surface area contributed by atoms with Gasteiger partial charge in [-0.05, 0) is 60.3 Å². The zero-order valence-corrected chi connectivity index (χ0v) is 16.0. The first-order chi connectivity index (χ1) is 10.8. The summed E-state index contributed by atoms with van der Waals surface area (Å²) in [5, 5.41) is 9.32. The maximum atomic E-state index is 9.32. The quantitative estimate of drug-likeness (QED) is 0.626. The second kappa shape index (κ2) is 7.81. The summed E-state index contributed by atoms with van der Waals surface area (Å²) < 4.78 is 6.08. The number of nitrogens with zero attached hydrogens (tertiary/aromatic N) is 2. The first kappa shape index (κ1) is 19.2. The Morgan fingerprint density at radius 2 is 1.52 bits per heavy atom. The SMILES string of the molecule is CC(C)(C)N(CCOCC(C)(C)N(CCO)C1CC1)C1CCC1. The van der Waals surface area contributed by atoms with Crippen LogP contribution in [0.4, 0.5) is 0 Å². The maximum Gasteiger partial charge on any atom is 0.0645 e. The van der Waals surface area contributed by atoms with Gasteiger partial charge >= 0.3 is 0 Å². The molecule has 2 saturated carbocycles. The Kier molecular flexibility index (Phi) is 6.51. The van der Waals surface area contributed by atoms with Crippen LogP contribution in [0.25, 0.3) is 0 Å². The summed E-state index contributed by atoms with van der Waals surface area (Å²) in [5.41, 5.74) is 0.230. The van der Waals surface area contributed by atoms with Gasteiger partial charge in [-0.1, -0.05) is 6.42 Å². The van der Waals surface area contributed by atoms with Gasteiger partial charge in [-0.3, -0.25) is 9.80 Å². The van der Waals surface area contributed by atoms with Crippen molar-refractivity contribution in [3.05, 3.63) is 0 Å². The molecular formula is C19H38N2O2. The normalized spacial score (nSPS) is 20.3. The second-order valence-corrected chi connectivity index (χ2v) is 8.96. The fourth-order valence-corrected chi connectivity index (χ4v) is 3.81. The predicted molar refractivity (Wildman–Crippen MR) is 95.8 cm³/mol. The molecule has 0 heterocycles. The van der Waals surface area contributed by atoms with Gasteiger partial charge in [0.05, 0.1) is 19.8 Å². The van der Waals surface area contributed by atoms with Gasteiger partial charge in [-0.2, -0.15) is 0 Å². The van der Waals surface area contributed by atoms with Crippen LogP contribution in [-0.2, 0) is 4.74 Å². The van der Waals surface area contributed by atoms with Crippen LogP contribution in [0.15, 0.2) is 0 Å². The molecule has 1 N–H and O–H groups in total. The third-order valence-electron chi connectivity index (χ3n) is 5.41.